The van der Waals surface area contributed by atoms with Crippen molar-refractivity contribution in [3.05, 3.63) is 70.3 Å². The summed E-state index contributed by atoms with van der Waals surface area (Å²) >= 11 is 0. The van der Waals surface area contributed by atoms with Crippen LogP contribution in [0.2, 0.25) is 0 Å². The molecule has 2 aliphatic rings. The third-order valence-corrected chi connectivity index (χ3v) is 6.09. The van der Waals surface area contributed by atoms with E-state index in [1.165, 1.54) is 27.8 Å². The fourth-order valence-electron chi connectivity index (χ4n) is 4.09. The molecule has 0 unspecified atom stereocenters. The van der Waals surface area contributed by atoms with Crippen molar-refractivity contribution in [2.24, 2.45) is 0 Å². The lowest BCUT2D eigenvalue weighted by molar-refractivity contribution is -0.138. The van der Waals surface area contributed by atoms with Crippen LogP contribution in [0.3, 0.4) is 0 Å². The first-order chi connectivity index (χ1) is 12.6. The monoisotopic (exact) mass is 348 g/mol. The first kappa shape index (κ1) is 17.3. The summed E-state index contributed by atoms with van der Waals surface area (Å²) in [6.07, 6.45) is 2.60. The van der Waals surface area contributed by atoms with Gasteiger partial charge in [-0.3, -0.25) is 9.69 Å². The van der Waals surface area contributed by atoms with Gasteiger partial charge in [-0.05, 0) is 54.5 Å². The molecule has 2 heterocycles. The average Bonchev–Trinajstić information content (AvgIpc) is 2.61. The normalized spacial score (nSPS) is 17.7. The maximum Gasteiger partial charge on any atom is 0.223 e. The van der Waals surface area contributed by atoms with Crippen molar-refractivity contribution in [3.8, 4) is 0 Å². The zero-order valence-electron chi connectivity index (χ0n) is 15.9. The minimum atomic E-state index is 0.303. The highest BCUT2D eigenvalue weighted by Crippen LogP contribution is 2.25. The quantitative estimate of drug-likeness (QED) is 0.844. The fraction of sp³-hybridized carbons (Fsp3) is 0.435. The van der Waals surface area contributed by atoms with Gasteiger partial charge in [0.1, 0.15) is 0 Å². The van der Waals surface area contributed by atoms with Gasteiger partial charge in [0.25, 0.3) is 0 Å². The van der Waals surface area contributed by atoms with Crippen LogP contribution in [0.1, 0.15) is 34.2 Å². The van der Waals surface area contributed by atoms with Gasteiger partial charge in [-0.1, -0.05) is 42.5 Å². The Kier molecular flexibility index (Phi) is 4.82. The predicted octanol–water partition coefficient (Wildman–Crippen LogP) is 3.51. The Labute approximate surface area is 156 Å². The van der Waals surface area contributed by atoms with E-state index in [0.29, 0.717) is 18.4 Å². The number of rotatable bonds is 4. The minimum Gasteiger partial charge on any atom is -0.339 e. The highest BCUT2D eigenvalue weighted by molar-refractivity contribution is 5.77. The number of amides is 1. The van der Waals surface area contributed by atoms with Gasteiger partial charge in [0.2, 0.25) is 5.91 Å². The number of fused-ring (bicyclic) bond motifs is 1. The molecule has 2 aromatic rings. The van der Waals surface area contributed by atoms with Crippen LogP contribution in [0.15, 0.2) is 42.5 Å². The van der Waals surface area contributed by atoms with Crippen LogP contribution < -0.4 is 0 Å². The molecule has 2 aromatic carbocycles. The van der Waals surface area contributed by atoms with Crippen LogP contribution in [0, 0.1) is 13.8 Å². The van der Waals surface area contributed by atoms with Crippen LogP contribution >= 0.6 is 0 Å². The third-order valence-electron chi connectivity index (χ3n) is 6.09. The number of carbonyl (C=O) groups is 1. The van der Waals surface area contributed by atoms with Crippen molar-refractivity contribution in [3.63, 3.8) is 0 Å². The summed E-state index contributed by atoms with van der Waals surface area (Å²) in [4.78, 5) is 17.1. The topological polar surface area (TPSA) is 23.6 Å². The Balaban J connectivity index is 1.25. The Hall–Kier alpha value is -2.13. The predicted molar refractivity (Wildman–Crippen MR) is 105 cm³/mol. The summed E-state index contributed by atoms with van der Waals surface area (Å²) < 4.78 is 0. The maximum atomic E-state index is 12.5. The SMILES string of the molecule is Cc1ccc(CCC(=O)N2CC(N3CCc4ccccc4C3)C2)cc1C. The molecule has 1 fully saturated rings. The van der Waals surface area contributed by atoms with Gasteiger partial charge in [0.05, 0.1) is 0 Å². The Morgan fingerprint density at radius 3 is 2.58 bits per heavy atom. The van der Waals surface area contributed by atoms with E-state index in [1.807, 2.05) is 4.90 Å². The molecule has 1 amide bonds. The van der Waals surface area contributed by atoms with Crippen LogP contribution in [-0.4, -0.2) is 41.4 Å². The summed E-state index contributed by atoms with van der Waals surface area (Å²) in [5, 5.41) is 0. The van der Waals surface area contributed by atoms with Crippen molar-refractivity contribution < 1.29 is 4.79 Å². The summed E-state index contributed by atoms with van der Waals surface area (Å²) in [6.45, 7) is 8.21. The summed E-state index contributed by atoms with van der Waals surface area (Å²) in [5.74, 6) is 0.303. The molecular weight excluding hydrogens is 320 g/mol. The highest BCUT2D eigenvalue weighted by Gasteiger charge is 2.35. The number of carbonyl (C=O) groups excluding carboxylic acids is 1. The number of hydrogen-bond donors (Lipinski definition) is 0. The van der Waals surface area contributed by atoms with Crippen molar-refractivity contribution in [2.45, 2.75) is 45.7 Å². The third kappa shape index (κ3) is 3.54. The van der Waals surface area contributed by atoms with Gasteiger partial charge < -0.3 is 4.90 Å². The van der Waals surface area contributed by atoms with E-state index >= 15 is 0 Å². The van der Waals surface area contributed by atoms with E-state index < -0.39 is 0 Å². The highest BCUT2D eigenvalue weighted by atomic mass is 16.2. The smallest absolute Gasteiger partial charge is 0.223 e. The first-order valence-electron chi connectivity index (χ1n) is 9.75. The lowest BCUT2D eigenvalue weighted by Crippen LogP contribution is -2.61. The van der Waals surface area contributed by atoms with E-state index in [-0.39, 0.29) is 0 Å². The van der Waals surface area contributed by atoms with Crippen LogP contribution in [0.5, 0.6) is 0 Å². The van der Waals surface area contributed by atoms with Gasteiger partial charge in [-0.25, -0.2) is 0 Å². The molecule has 0 aliphatic carbocycles. The maximum absolute atomic E-state index is 12.5. The molecule has 136 valence electrons. The van der Waals surface area contributed by atoms with E-state index in [4.69, 9.17) is 0 Å². The summed E-state index contributed by atoms with van der Waals surface area (Å²) in [6, 6.07) is 15.8. The molecule has 0 atom stereocenters. The van der Waals surface area contributed by atoms with Crippen molar-refractivity contribution >= 4 is 5.91 Å². The average molecular weight is 348 g/mol. The van der Waals surface area contributed by atoms with Gasteiger partial charge in [-0.2, -0.15) is 0 Å². The van der Waals surface area contributed by atoms with Crippen molar-refractivity contribution in [1.82, 2.24) is 9.80 Å². The molecule has 1 saturated heterocycles. The second-order valence-electron chi connectivity index (χ2n) is 7.86. The van der Waals surface area contributed by atoms with E-state index in [2.05, 4.69) is 61.2 Å². The second-order valence-corrected chi connectivity index (χ2v) is 7.86. The molecular formula is C23H28N2O. The molecule has 3 nitrogen and oxygen atoms in total. The lowest BCUT2D eigenvalue weighted by Gasteiger charge is -2.47. The number of benzene rings is 2. The number of likely N-dealkylation sites (tertiary alicyclic amines) is 1. The lowest BCUT2D eigenvalue weighted by atomic mass is 9.96. The Morgan fingerprint density at radius 2 is 1.81 bits per heavy atom. The zero-order valence-corrected chi connectivity index (χ0v) is 15.9. The van der Waals surface area contributed by atoms with E-state index in [9.17, 15) is 4.79 Å². The largest absolute Gasteiger partial charge is 0.339 e. The molecule has 0 aromatic heterocycles. The van der Waals surface area contributed by atoms with Crippen LogP contribution in [0.25, 0.3) is 0 Å². The zero-order chi connectivity index (χ0) is 18.1. The second kappa shape index (κ2) is 7.24. The van der Waals surface area contributed by atoms with Crippen LogP contribution in [-0.2, 0) is 24.2 Å². The van der Waals surface area contributed by atoms with Gasteiger partial charge in [0, 0.05) is 38.6 Å². The minimum absolute atomic E-state index is 0.303. The van der Waals surface area contributed by atoms with E-state index in [1.54, 1.807) is 0 Å². The van der Waals surface area contributed by atoms with E-state index in [0.717, 1.165) is 39.0 Å². The number of nitrogens with zero attached hydrogens (tertiary/aromatic N) is 2. The molecule has 0 saturated carbocycles. The molecule has 4 rings (SSSR count). The number of aryl methyl sites for hydroxylation is 3. The van der Waals surface area contributed by atoms with Crippen LogP contribution in [0.4, 0.5) is 0 Å². The Bertz CT molecular complexity index is 808. The fourth-order valence-corrected chi connectivity index (χ4v) is 4.09. The molecule has 26 heavy (non-hydrogen) atoms. The van der Waals surface area contributed by atoms with Crippen molar-refractivity contribution in [1.29, 1.82) is 0 Å². The first-order valence-corrected chi connectivity index (χ1v) is 9.75. The standard InChI is InChI=1S/C23H28N2O/c1-17-7-8-19(13-18(17)2)9-10-23(26)25-15-22(16-25)24-12-11-20-5-3-4-6-21(20)14-24/h3-8,13,22H,9-12,14-16H2,1-2H3. The molecule has 0 bridgehead atoms. The molecule has 0 N–H and O–H groups in total. The van der Waals surface area contributed by atoms with Crippen molar-refractivity contribution in [2.75, 3.05) is 19.6 Å². The molecule has 0 spiro atoms. The number of hydrogen-bond acceptors (Lipinski definition) is 2. The summed E-state index contributed by atoms with van der Waals surface area (Å²) in [7, 11) is 0. The van der Waals surface area contributed by atoms with Gasteiger partial charge in [0.15, 0.2) is 0 Å². The Morgan fingerprint density at radius 1 is 1.04 bits per heavy atom. The molecule has 3 heteroatoms. The molecule has 0 radical (unpaired) electrons. The molecule has 2 aliphatic heterocycles. The van der Waals surface area contributed by atoms with Gasteiger partial charge in [-0.15, -0.1) is 0 Å². The summed E-state index contributed by atoms with van der Waals surface area (Å²) in [5.41, 5.74) is 6.84. The van der Waals surface area contributed by atoms with Gasteiger partial charge >= 0.3 is 0 Å².